The summed E-state index contributed by atoms with van der Waals surface area (Å²) in [6, 6.07) is 0. The SMILES string of the molecule is B=C(/C=C/C)CCC(C)C. The van der Waals surface area contributed by atoms with E-state index in [1.807, 2.05) is 13.0 Å². The van der Waals surface area contributed by atoms with Crippen molar-refractivity contribution >= 4 is 13.0 Å². The molecule has 0 aromatic heterocycles. The predicted octanol–water partition coefficient (Wildman–Crippen LogP) is 2.07. The standard InChI is InChI=1S/C9H17B/c1-4-5-9(10)7-6-8(2)3/h4-5,8,10H,6-7H2,1-3H3/b5-4+. The van der Waals surface area contributed by atoms with Crippen molar-refractivity contribution in [3.63, 3.8) is 0 Å². The Kier molecular flexibility index (Phi) is 5.28. The average Bonchev–Trinajstić information content (AvgIpc) is 1.85. The number of hydrogen-bond donors (Lipinski definition) is 0. The second kappa shape index (κ2) is 5.46. The van der Waals surface area contributed by atoms with Crippen LogP contribution in [0.2, 0.25) is 0 Å². The van der Waals surface area contributed by atoms with Gasteiger partial charge in [0.2, 0.25) is 0 Å². The molecular formula is C9H17B. The molecule has 1 heteroatoms. The van der Waals surface area contributed by atoms with Crippen LogP contribution in [-0.4, -0.2) is 13.0 Å². The van der Waals surface area contributed by atoms with Crippen LogP contribution in [0.4, 0.5) is 0 Å². The second-order valence-electron chi connectivity index (χ2n) is 3.09. The Morgan fingerprint density at radius 3 is 2.50 bits per heavy atom. The van der Waals surface area contributed by atoms with Gasteiger partial charge in [-0.3, -0.25) is 0 Å². The van der Waals surface area contributed by atoms with Crippen LogP contribution < -0.4 is 0 Å². The Morgan fingerprint density at radius 1 is 1.50 bits per heavy atom. The van der Waals surface area contributed by atoms with Crippen LogP contribution in [0.25, 0.3) is 0 Å². The van der Waals surface area contributed by atoms with Crippen LogP contribution in [0, 0.1) is 5.92 Å². The Balaban J connectivity index is 3.40. The van der Waals surface area contributed by atoms with Crippen molar-refractivity contribution in [3.05, 3.63) is 12.2 Å². The zero-order valence-corrected chi connectivity index (χ0v) is 7.35. The predicted molar refractivity (Wildman–Crippen MR) is 51.0 cm³/mol. The van der Waals surface area contributed by atoms with E-state index in [0.717, 1.165) is 12.3 Å². The fraction of sp³-hybridized carbons (Fsp3) is 0.667. The molecule has 0 nitrogen and oxygen atoms in total. The quantitative estimate of drug-likeness (QED) is 0.519. The molecule has 0 amide bonds. The zero-order valence-electron chi connectivity index (χ0n) is 7.35. The first-order chi connectivity index (χ1) is 4.66. The molecule has 0 radical (unpaired) electrons. The van der Waals surface area contributed by atoms with Gasteiger partial charge in [0.1, 0.15) is 0 Å². The van der Waals surface area contributed by atoms with E-state index in [1.54, 1.807) is 0 Å². The third-order valence-corrected chi connectivity index (χ3v) is 1.45. The van der Waals surface area contributed by atoms with Gasteiger partial charge in [-0.25, -0.2) is 0 Å². The van der Waals surface area contributed by atoms with E-state index >= 15 is 0 Å². The molecule has 0 aliphatic rings. The molecule has 0 heterocycles. The summed E-state index contributed by atoms with van der Waals surface area (Å²) >= 11 is 0. The summed E-state index contributed by atoms with van der Waals surface area (Å²) in [7, 11) is 3.93. The first-order valence-corrected chi connectivity index (χ1v) is 3.97. The summed E-state index contributed by atoms with van der Waals surface area (Å²) in [5, 5.41) is 0. The summed E-state index contributed by atoms with van der Waals surface area (Å²) in [4.78, 5) is 0. The van der Waals surface area contributed by atoms with Crippen LogP contribution in [0.1, 0.15) is 33.6 Å². The molecule has 56 valence electrons. The van der Waals surface area contributed by atoms with Crippen molar-refractivity contribution in [1.82, 2.24) is 0 Å². The normalized spacial score (nSPS) is 11.1. The molecule has 0 saturated carbocycles. The minimum absolute atomic E-state index is 0.794. The molecule has 0 fully saturated rings. The fourth-order valence-electron chi connectivity index (χ4n) is 0.793. The Morgan fingerprint density at radius 2 is 2.10 bits per heavy atom. The molecule has 0 aliphatic carbocycles. The summed E-state index contributed by atoms with van der Waals surface area (Å²) in [5.74, 6) is 0.794. The van der Waals surface area contributed by atoms with E-state index in [9.17, 15) is 0 Å². The van der Waals surface area contributed by atoms with E-state index in [-0.39, 0.29) is 0 Å². The first kappa shape index (κ1) is 9.67. The van der Waals surface area contributed by atoms with Gasteiger partial charge in [0, 0.05) is 0 Å². The molecule has 0 saturated heterocycles. The third-order valence-electron chi connectivity index (χ3n) is 1.45. The zero-order chi connectivity index (χ0) is 7.98. The molecule has 0 aliphatic heterocycles. The van der Waals surface area contributed by atoms with E-state index in [2.05, 4.69) is 27.4 Å². The van der Waals surface area contributed by atoms with Crippen molar-refractivity contribution in [2.24, 2.45) is 5.92 Å². The molecule has 0 bridgehead atoms. The van der Waals surface area contributed by atoms with Gasteiger partial charge >= 0.3 is 64.6 Å². The fourth-order valence-corrected chi connectivity index (χ4v) is 0.793. The van der Waals surface area contributed by atoms with Crippen molar-refractivity contribution < 1.29 is 0 Å². The molecule has 0 N–H and O–H groups in total. The van der Waals surface area contributed by atoms with Gasteiger partial charge in [-0.1, -0.05) is 0 Å². The number of hydrogen-bond acceptors (Lipinski definition) is 0. The van der Waals surface area contributed by atoms with E-state index in [1.165, 1.54) is 11.9 Å². The van der Waals surface area contributed by atoms with Gasteiger partial charge in [0.05, 0.1) is 0 Å². The Labute approximate surface area is 65.4 Å². The molecule has 0 rings (SSSR count). The van der Waals surface area contributed by atoms with Crippen molar-refractivity contribution in [2.75, 3.05) is 0 Å². The van der Waals surface area contributed by atoms with Gasteiger partial charge in [-0.15, -0.1) is 0 Å². The van der Waals surface area contributed by atoms with Crippen LogP contribution in [0.5, 0.6) is 0 Å². The van der Waals surface area contributed by atoms with E-state index in [0.29, 0.717) is 0 Å². The summed E-state index contributed by atoms with van der Waals surface area (Å²) in [6.07, 6.45) is 6.52. The minimum atomic E-state index is 0.794. The topological polar surface area (TPSA) is 0 Å². The van der Waals surface area contributed by atoms with E-state index < -0.39 is 0 Å². The number of allylic oxidation sites excluding steroid dienone is 2. The van der Waals surface area contributed by atoms with Gasteiger partial charge in [-0.2, -0.15) is 0 Å². The maximum atomic E-state index is 3.93. The molecule has 0 aromatic rings. The van der Waals surface area contributed by atoms with Crippen LogP contribution in [0.15, 0.2) is 12.2 Å². The Bertz CT molecular complexity index is 123. The van der Waals surface area contributed by atoms with Gasteiger partial charge < -0.3 is 0 Å². The average molecular weight is 136 g/mol. The second-order valence-corrected chi connectivity index (χ2v) is 3.09. The summed E-state index contributed by atoms with van der Waals surface area (Å²) < 4.78 is 0. The molecule has 10 heavy (non-hydrogen) atoms. The first-order valence-electron chi connectivity index (χ1n) is 3.97. The molecule has 0 unspecified atom stereocenters. The molecule has 0 spiro atoms. The van der Waals surface area contributed by atoms with Crippen molar-refractivity contribution in [2.45, 2.75) is 33.6 Å². The summed E-state index contributed by atoms with van der Waals surface area (Å²) in [6.45, 7) is 6.51. The van der Waals surface area contributed by atoms with Crippen molar-refractivity contribution in [3.8, 4) is 0 Å². The van der Waals surface area contributed by atoms with Gasteiger partial charge in [0.25, 0.3) is 0 Å². The van der Waals surface area contributed by atoms with Gasteiger partial charge in [0.15, 0.2) is 0 Å². The molecule has 0 aromatic carbocycles. The maximum absolute atomic E-state index is 3.93. The van der Waals surface area contributed by atoms with Crippen LogP contribution >= 0.6 is 0 Å². The number of rotatable bonds is 4. The molecule has 0 atom stereocenters. The molecular weight excluding hydrogens is 119 g/mol. The van der Waals surface area contributed by atoms with Crippen molar-refractivity contribution in [1.29, 1.82) is 0 Å². The van der Waals surface area contributed by atoms with Crippen LogP contribution in [-0.2, 0) is 0 Å². The third kappa shape index (κ3) is 5.81. The van der Waals surface area contributed by atoms with Gasteiger partial charge in [-0.05, 0) is 0 Å². The monoisotopic (exact) mass is 136 g/mol. The van der Waals surface area contributed by atoms with E-state index in [4.69, 9.17) is 0 Å². The Hall–Kier alpha value is -0.325. The summed E-state index contributed by atoms with van der Waals surface area (Å²) in [5.41, 5.74) is 1.25. The van der Waals surface area contributed by atoms with Crippen LogP contribution in [0.3, 0.4) is 0 Å².